The van der Waals surface area contributed by atoms with Gasteiger partial charge in [0, 0.05) is 6.07 Å². The minimum absolute atomic E-state index is 0.252. The molecule has 0 aliphatic rings. The second-order valence-electron chi connectivity index (χ2n) is 4.14. The van der Waals surface area contributed by atoms with Gasteiger partial charge in [-0.15, -0.1) is 0 Å². The summed E-state index contributed by atoms with van der Waals surface area (Å²) < 4.78 is 23.7. The molecule has 2 aromatic rings. The van der Waals surface area contributed by atoms with Crippen molar-refractivity contribution in [2.75, 3.05) is 7.11 Å². The monoisotopic (exact) mass is 291 g/mol. The maximum absolute atomic E-state index is 12.8. The first-order valence-corrected chi connectivity index (χ1v) is 6.36. The van der Waals surface area contributed by atoms with Gasteiger partial charge >= 0.3 is 0 Å². The molecule has 0 aliphatic carbocycles. The Kier molecular flexibility index (Phi) is 4.53. The van der Waals surface area contributed by atoms with Crippen molar-refractivity contribution < 1.29 is 13.9 Å². The SMILES string of the molecule is COc1ccc(C(N)=S)c(OCc2ccc(F)cc2)c1. The lowest BCUT2D eigenvalue weighted by atomic mass is 10.2. The molecule has 0 heterocycles. The molecule has 3 nitrogen and oxygen atoms in total. The van der Waals surface area contributed by atoms with Crippen molar-refractivity contribution in [3.05, 3.63) is 59.4 Å². The van der Waals surface area contributed by atoms with E-state index in [1.54, 1.807) is 37.4 Å². The zero-order chi connectivity index (χ0) is 14.5. The van der Waals surface area contributed by atoms with E-state index in [0.29, 0.717) is 23.7 Å². The molecule has 0 bridgehead atoms. The summed E-state index contributed by atoms with van der Waals surface area (Å²) in [5.74, 6) is 0.916. The molecule has 2 rings (SSSR count). The summed E-state index contributed by atoms with van der Waals surface area (Å²) in [6.07, 6.45) is 0. The molecule has 0 saturated heterocycles. The average molecular weight is 291 g/mol. The van der Waals surface area contributed by atoms with Crippen LogP contribution in [-0.2, 0) is 6.61 Å². The molecule has 0 unspecified atom stereocenters. The fourth-order valence-corrected chi connectivity index (χ4v) is 1.86. The molecule has 104 valence electrons. The van der Waals surface area contributed by atoms with Gasteiger partial charge in [0.15, 0.2) is 0 Å². The number of hydrogen-bond acceptors (Lipinski definition) is 3. The van der Waals surface area contributed by atoms with Crippen LogP contribution in [0.1, 0.15) is 11.1 Å². The predicted octanol–water partition coefficient (Wildman–Crippen LogP) is 3.05. The highest BCUT2D eigenvalue weighted by molar-refractivity contribution is 7.80. The van der Waals surface area contributed by atoms with Crippen molar-refractivity contribution in [2.45, 2.75) is 6.61 Å². The van der Waals surface area contributed by atoms with E-state index >= 15 is 0 Å². The maximum Gasteiger partial charge on any atom is 0.133 e. The minimum Gasteiger partial charge on any atom is -0.497 e. The normalized spacial score (nSPS) is 10.1. The standard InChI is InChI=1S/C15H14FNO2S/c1-18-12-6-7-13(15(17)20)14(8-12)19-9-10-2-4-11(16)5-3-10/h2-8H,9H2,1H3,(H2,17,20). The molecule has 0 fully saturated rings. The minimum atomic E-state index is -0.279. The van der Waals surface area contributed by atoms with Gasteiger partial charge in [0.2, 0.25) is 0 Å². The molecule has 0 radical (unpaired) electrons. The van der Waals surface area contributed by atoms with Crippen LogP contribution in [0.15, 0.2) is 42.5 Å². The van der Waals surface area contributed by atoms with E-state index in [9.17, 15) is 4.39 Å². The van der Waals surface area contributed by atoms with Gasteiger partial charge in [-0.25, -0.2) is 4.39 Å². The molecule has 0 spiro atoms. The van der Waals surface area contributed by atoms with E-state index in [1.165, 1.54) is 12.1 Å². The number of hydrogen-bond donors (Lipinski definition) is 1. The summed E-state index contributed by atoms with van der Waals surface area (Å²) in [5, 5.41) is 0. The Balaban J connectivity index is 2.18. The van der Waals surface area contributed by atoms with Crippen molar-refractivity contribution in [1.82, 2.24) is 0 Å². The van der Waals surface area contributed by atoms with E-state index in [1.807, 2.05) is 0 Å². The second-order valence-corrected chi connectivity index (χ2v) is 4.58. The summed E-state index contributed by atoms with van der Waals surface area (Å²) in [6, 6.07) is 11.3. The molecule has 0 atom stereocenters. The highest BCUT2D eigenvalue weighted by Gasteiger charge is 2.08. The summed E-state index contributed by atoms with van der Waals surface area (Å²) in [6.45, 7) is 0.295. The van der Waals surface area contributed by atoms with Crippen LogP contribution < -0.4 is 15.2 Å². The Morgan fingerprint density at radius 3 is 2.50 bits per heavy atom. The molecule has 2 aromatic carbocycles. The molecular formula is C15H14FNO2S. The zero-order valence-corrected chi connectivity index (χ0v) is 11.7. The number of ether oxygens (including phenoxy) is 2. The largest absolute Gasteiger partial charge is 0.497 e. The van der Waals surface area contributed by atoms with Gasteiger partial charge in [-0.3, -0.25) is 0 Å². The van der Waals surface area contributed by atoms with Crippen LogP contribution in [0, 0.1) is 5.82 Å². The molecular weight excluding hydrogens is 277 g/mol. The van der Waals surface area contributed by atoms with Gasteiger partial charge in [0.1, 0.15) is 28.9 Å². The zero-order valence-electron chi connectivity index (χ0n) is 10.9. The summed E-state index contributed by atoms with van der Waals surface area (Å²) >= 11 is 4.98. The van der Waals surface area contributed by atoms with Crippen LogP contribution in [-0.4, -0.2) is 12.1 Å². The Labute approximate surface area is 122 Å². The van der Waals surface area contributed by atoms with Gasteiger partial charge in [0.25, 0.3) is 0 Å². The van der Waals surface area contributed by atoms with E-state index in [2.05, 4.69) is 0 Å². The average Bonchev–Trinajstić information content (AvgIpc) is 2.46. The van der Waals surface area contributed by atoms with Gasteiger partial charge < -0.3 is 15.2 Å². The quantitative estimate of drug-likeness (QED) is 0.860. The van der Waals surface area contributed by atoms with Crippen molar-refractivity contribution in [2.24, 2.45) is 5.73 Å². The van der Waals surface area contributed by atoms with Gasteiger partial charge in [-0.2, -0.15) is 0 Å². The number of rotatable bonds is 5. The van der Waals surface area contributed by atoms with Crippen molar-refractivity contribution in [3.63, 3.8) is 0 Å². The first kappa shape index (κ1) is 14.3. The number of thiocarbonyl (C=S) groups is 1. The third-order valence-corrected chi connectivity index (χ3v) is 2.98. The van der Waals surface area contributed by atoms with Crippen LogP contribution in [0.4, 0.5) is 4.39 Å². The van der Waals surface area contributed by atoms with Gasteiger partial charge in [-0.1, -0.05) is 24.4 Å². The van der Waals surface area contributed by atoms with E-state index in [-0.39, 0.29) is 10.8 Å². The predicted molar refractivity (Wildman–Crippen MR) is 79.6 cm³/mol. The van der Waals surface area contributed by atoms with Crippen LogP contribution in [0.25, 0.3) is 0 Å². The summed E-state index contributed by atoms with van der Waals surface area (Å²) in [5.41, 5.74) is 7.15. The number of benzene rings is 2. The molecule has 20 heavy (non-hydrogen) atoms. The Morgan fingerprint density at radius 2 is 1.90 bits per heavy atom. The third-order valence-electron chi connectivity index (χ3n) is 2.76. The van der Waals surface area contributed by atoms with Crippen LogP contribution in [0.5, 0.6) is 11.5 Å². The molecule has 0 saturated carbocycles. The molecule has 0 aliphatic heterocycles. The number of methoxy groups -OCH3 is 1. The lowest BCUT2D eigenvalue weighted by Crippen LogP contribution is -2.11. The number of nitrogens with two attached hydrogens (primary N) is 1. The van der Waals surface area contributed by atoms with Crippen LogP contribution in [0.3, 0.4) is 0 Å². The van der Waals surface area contributed by atoms with Crippen molar-refractivity contribution >= 4 is 17.2 Å². The topological polar surface area (TPSA) is 44.5 Å². The Bertz CT molecular complexity index is 614. The fourth-order valence-electron chi connectivity index (χ4n) is 1.69. The molecule has 5 heteroatoms. The van der Waals surface area contributed by atoms with E-state index in [4.69, 9.17) is 27.4 Å². The highest BCUT2D eigenvalue weighted by atomic mass is 32.1. The highest BCUT2D eigenvalue weighted by Crippen LogP contribution is 2.25. The van der Waals surface area contributed by atoms with Gasteiger partial charge in [0.05, 0.1) is 12.7 Å². The first-order chi connectivity index (χ1) is 9.60. The fraction of sp³-hybridized carbons (Fsp3) is 0.133. The summed E-state index contributed by atoms with van der Waals surface area (Å²) in [4.78, 5) is 0.252. The first-order valence-electron chi connectivity index (χ1n) is 5.95. The third kappa shape index (κ3) is 3.45. The van der Waals surface area contributed by atoms with E-state index in [0.717, 1.165) is 5.56 Å². The summed E-state index contributed by atoms with van der Waals surface area (Å²) in [7, 11) is 1.57. The van der Waals surface area contributed by atoms with Crippen LogP contribution in [0.2, 0.25) is 0 Å². The van der Waals surface area contributed by atoms with E-state index < -0.39 is 0 Å². The lowest BCUT2D eigenvalue weighted by molar-refractivity contribution is 0.303. The maximum atomic E-state index is 12.8. The molecule has 0 amide bonds. The number of halogens is 1. The second kappa shape index (κ2) is 6.34. The lowest BCUT2D eigenvalue weighted by Gasteiger charge is -2.12. The van der Waals surface area contributed by atoms with Crippen molar-refractivity contribution in [1.29, 1.82) is 0 Å². The van der Waals surface area contributed by atoms with Crippen molar-refractivity contribution in [3.8, 4) is 11.5 Å². The van der Waals surface area contributed by atoms with Gasteiger partial charge in [-0.05, 0) is 29.8 Å². The van der Waals surface area contributed by atoms with Crippen LogP contribution >= 0.6 is 12.2 Å². The Morgan fingerprint density at radius 1 is 1.20 bits per heavy atom. The smallest absolute Gasteiger partial charge is 0.133 e. The molecule has 0 aromatic heterocycles. The Hall–Kier alpha value is -2.14. The molecule has 2 N–H and O–H groups in total.